The highest BCUT2D eigenvalue weighted by atomic mass is 35.5. The largest absolute Gasteiger partial charge is 0.482 e. The zero-order chi connectivity index (χ0) is 20.3. The number of carbonyl (C=O) groups is 1. The van der Waals surface area contributed by atoms with Crippen LogP contribution in [-0.4, -0.2) is 40.5 Å². The van der Waals surface area contributed by atoms with Crippen LogP contribution in [0, 0.1) is 0 Å². The van der Waals surface area contributed by atoms with Gasteiger partial charge in [-0.2, -0.15) is 13.2 Å². The number of fused-ring (bicyclic) bond motifs is 1. The summed E-state index contributed by atoms with van der Waals surface area (Å²) >= 11 is 5.85. The van der Waals surface area contributed by atoms with Gasteiger partial charge in [0.05, 0.1) is 0 Å². The van der Waals surface area contributed by atoms with Crippen molar-refractivity contribution in [2.24, 2.45) is 0 Å². The number of rotatable bonds is 5. The maximum absolute atomic E-state index is 12.3. The van der Waals surface area contributed by atoms with Crippen molar-refractivity contribution in [1.29, 1.82) is 0 Å². The number of benzene rings is 2. The van der Waals surface area contributed by atoms with Crippen LogP contribution in [0.2, 0.25) is 5.02 Å². The molecule has 0 saturated heterocycles. The molecule has 150 valence electrons. The van der Waals surface area contributed by atoms with E-state index in [0.29, 0.717) is 29.5 Å². The van der Waals surface area contributed by atoms with Gasteiger partial charge in [-0.15, -0.1) is 0 Å². The third kappa shape index (κ3) is 5.15. The quantitative estimate of drug-likeness (QED) is 0.573. The molecule has 1 N–H and O–H groups in total. The molecule has 0 bridgehead atoms. The zero-order valence-corrected chi connectivity index (χ0v) is 15.5. The van der Waals surface area contributed by atoms with Gasteiger partial charge in [0.25, 0.3) is 0 Å². The summed E-state index contributed by atoms with van der Waals surface area (Å²) in [4.78, 5) is 13.7. The van der Waals surface area contributed by atoms with Crippen LogP contribution in [0.3, 0.4) is 0 Å². The number of halogens is 4. The molecule has 2 aromatic rings. The summed E-state index contributed by atoms with van der Waals surface area (Å²) in [6.45, 7) is -0.102. The van der Waals surface area contributed by atoms with Gasteiger partial charge in [-0.3, -0.25) is 4.79 Å². The maximum atomic E-state index is 12.3. The molecule has 28 heavy (non-hydrogen) atoms. The van der Waals surface area contributed by atoms with Gasteiger partial charge < -0.3 is 14.8 Å². The minimum atomic E-state index is -4.87. The number of ether oxygens (including phenoxy) is 1. The molecule has 0 aliphatic carbocycles. The lowest BCUT2D eigenvalue weighted by Gasteiger charge is -2.30. The molecule has 0 fully saturated rings. The summed E-state index contributed by atoms with van der Waals surface area (Å²) in [5.74, 6) is 0.759. The zero-order valence-electron chi connectivity index (χ0n) is 14.7. The molecule has 9 heteroatoms. The average Bonchev–Trinajstić information content (AvgIpc) is 2.66. The van der Waals surface area contributed by atoms with E-state index < -0.39 is 30.2 Å². The smallest absolute Gasteiger partial charge is 0.457 e. The van der Waals surface area contributed by atoms with Crippen molar-refractivity contribution in [3.05, 3.63) is 58.6 Å². The molecule has 1 heterocycles. The lowest BCUT2D eigenvalue weighted by atomic mass is 9.99. The van der Waals surface area contributed by atoms with E-state index in [9.17, 15) is 18.0 Å². The van der Waals surface area contributed by atoms with E-state index in [1.807, 2.05) is 18.2 Å². The highest BCUT2D eigenvalue weighted by molar-refractivity contribution is 6.30. The Labute approximate surface area is 164 Å². The number of amides is 1. The van der Waals surface area contributed by atoms with Gasteiger partial charge in [-0.1, -0.05) is 22.7 Å². The molecule has 0 aromatic heterocycles. The van der Waals surface area contributed by atoms with E-state index in [1.54, 1.807) is 24.3 Å². The third-order valence-corrected chi connectivity index (χ3v) is 4.67. The number of carbonyl (C=O) groups excluding carboxylic acids is 1. The van der Waals surface area contributed by atoms with Crippen LogP contribution < -0.4 is 4.74 Å². The van der Waals surface area contributed by atoms with Crippen LogP contribution in [0.15, 0.2) is 42.5 Å². The van der Waals surface area contributed by atoms with E-state index >= 15 is 0 Å². The Balaban J connectivity index is 1.63. The third-order valence-electron chi connectivity index (χ3n) is 4.42. The fourth-order valence-electron chi connectivity index (χ4n) is 2.93. The second-order valence-electron chi connectivity index (χ2n) is 6.39. The standard InChI is InChI=1S/C19H18ClF3N2O3/c20-15-2-5-16(6-3-15)28-17-4-1-13-7-9-24(12-14(13)11-17)18(26)8-10-25(27)19(21,22)23/h1-6,11,27H,7-10,12H2. The summed E-state index contributed by atoms with van der Waals surface area (Å²) in [7, 11) is 0. The van der Waals surface area contributed by atoms with Gasteiger partial charge in [0, 0.05) is 31.1 Å². The summed E-state index contributed by atoms with van der Waals surface area (Å²) in [6.07, 6.45) is -4.70. The lowest BCUT2D eigenvalue weighted by molar-refractivity contribution is -0.351. The molecule has 1 aliphatic heterocycles. The Morgan fingerprint density at radius 3 is 2.50 bits per heavy atom. The molecule has 0 radical (unpaired) electrons. The molecule has 0 spiro atoms. The van der Waals surface area contributed by atoms with Crippen LogP contribution in [0.1, 0.15) is 17.5 Å². The topological polar surface area (TPSA) is 53.0 Å². The van der Waals surface area contributed by atoms with E-state index in [4.69, 9.17) is 21.5 Å². The predicted octanol–water partition coefficient (Wildman–Crippen LogP) is 4.62. The van der Waals surface area contributed by atoms with Gasteiger partial charge in [0.15, 0.2) is 0 Å². The number of hydroxylamine groups is 2. The van der Waals surface area contributed by atoms with Crippen LogP contribution in [0.25, 0.3) is 0 Å². The summed E-state index contributed by atoms with van der Waals surface area (Å²) in [5.41, 5.74) is 1.94. The van der Waals surface area contributed by atoms with E-state index in [0.717, 1.165) is 11.1 Å². The fraction of sp³-hybridized carbons (Fsp3) is 0.316. The summed E-state index contributed by atoms with van der Waals surface area (Å²) < 4.78 is 42.7. The van der Waals surface area contributed by atoms with Crippen LogP contribution in [0.5, 0.6) is 11.5 Å². The average molecular weight is 415 g/mol. The fourth-order valence-corrected chi connectivity index (χ4v) is 3.06. The van der Waals surface area contributed by atoms with Crippen molar-refractivity contribution in [3.63, 3.8) is 0 Å². The Morgan fingerprint density at radius 2 is 1.82 bits per heavy atom. The molecule has 0 atom stereocenters. The lowest BCUT2D eigenvalue weighted by Crippen LogP contribution is -2.40. The van der Waals surface area contributed by atoms with Crippen LogP contribution >= 0.6 is 11.6 Å². The molecule has 1 aliphatic rings. The molecular weight excluding hydrogens is 397 g/mol. The SMILES string of the molecule is O=C(CCN(O)C(F)(F)F)N1CCc2ccc(Oc3ccc(Cl)cc3)cc2C1. The van der Waals surface area contributed by atoms with Crippen LogP contribution in [0.4, 0.5) is 13.2 Å². The number of alkyl halides is 3. The highest BCUT2D eigenvalue weighted by Gasteiger charge is 2.36. The van der Waals surface area contributed by atoms with E-state index in [2.05, 4.69) is 0 Å². The summed E-state index contributed by atoms with van der Waals surface area (Å²) in [5, 5.41) is 8.72. The number of hydrogen-bond acceptors (Lipinski definition) is 4. The molecule has 0 unspecified atom stereocenters. The Morgan fingerprint density at radius 1 is 1.14 bits per heavy atom. The molecule has 0 saturated carbocycles. The first-order valence-electron chi connectivity index (χ1n) is 8.58. The molecule has 1 amide bonds. The predicted molar refractivity (Wildman–Crippen MR) is 96.3 cm³/mol. The second kappa shape index (κ2) is 8.38. The molecular formula is C19H18ClF3N2O3. The van der Waals surface area contributed by atoms with Crippen molar-refractivity contribution in [2.45, 2.75) is 25.7 Å². The van der Waals surface area contributed by atoms with Crippen molar-refractivity contribution < 1.29 is 27.9 Å². The van der Waals surface area contributed by atoms with Crippen molar-refractivity contribution in [3.8, 4) is 11.5 Å². The first-order valence-corrected chi connectivity index (χ1v) is 8.96. The highest BCUT2D eigenvalue weighted by Crippen LogP contribution is 2.28. The first kappa shape index (κ1) is 20.4. The summed E-state index contributed by atoms with van der Waals surface area (Å²) in [6, 6.07) is 12.5. The van der Waals surface area contributed by atoms with Crippen molar-refractivity contribution in [2.75, 3.05) is 13.1 Å². The van der Waals surface area contributed by atoms with Gasteiger partial charge in [0.1, 0.15) is 11.5 Å². The Kier molecular flexibility index (Phi) is 6.12. The normalized spacial score (nSPS) is 14.1. The monoisotopic (exact) mass is 414 g/mol. The van der Waals surface area contributed by atoms with E-state index in [1.165, 1.54) is 4.90 Å². The van der Waals surface area contributed by atoms with Gasteiger partial charge in [-0.05, 0) is 53.9 Å². The Bertz CT molecular complexity index is 843. The number of hydrogen-bond donors (Lipinski definition) is 1. The Hall–Kier alpha value is -2.29. The van der Waals surface area contributed by atoms with Gasteiger partial charge >= 0.3 is 6.30 Å². The molecule has 2 aromatic carbocycles. The number of nitrogens with zero attached hydrogens (tertiary/aromatic N) is 2. The van der Waals surface area contributed by atoms with Gasteiger partial charge in [-0.25, -0.2) is 0 Å². The maximum Gasteiger partial charge on any atom is 0.482 e. The minimum absolute atomic E-state index is 0.281. The first-order chi connectivity index (χ1) is 13.2. The van der Waals surface area contributed by atoms with Crippen molar-refractivity contribution >= 4 is 17.5 Å². The van der Waals surface area contributed by atoms with E-state index in [-0.39, 0.29) is 6.54 Å². The van der Waals surface area contributed by atoms with Gasteiger partial charge in [0.2, 0.25) is 5.91 Å². The van der Waals surface area contributed by atoms with Crippen molar-refractivity contribution in [1.82, 2.24) is 9.96 Å². The minimum Gasteiger partial charge on any atom is -0.457 e. The van der Waals surface area contributed by atoms with Crippen LogP contribution in [-0.2, 0) is 17.8 Å². The molecule has 5 nitrogen and oxygen atoms in total. The molecule has 3 rings (SSSR count). The second-order valence-corrected chi connectivity index (χ2v) is 6.83.